The Hall–Kier alpha value is -2.24. The number of carbonyl (C=O) groups is 1. The second-order valence-corrected chi connectivity index (χ2v) is 5.94. The van der Waals surface area contributed by atoms with Crippen LogP contribution < -0.4 is 10.1 Å². The van der Waals surface area contributed by atoms with Gasteiger partial charge in [0, 0.05) is 44.6 Å². The van der Waals surface area contributed by atoms with Crippen molar-refractivity contribution in [3.8, 4) is 5.75 Å². The second kappa shape index (κ2) is 8.04. The maximum atomic E-state index is 11.7. The molecular weight excluding hydrogens is 302 g/mol. The minimum absolute atomic E-state index is 0.0287. The van der Waals surface area contributed by atoms with Crippen LogP contribution in [0.15, 0.2) is 48.8 Å². The highest BCUT2D eigenvalue weighted by Crippen LogP contribution is 2.22. The van der Waals surface area contributed by atoms with E-state index in [-0.39, 0.29) is 5.78 Å². The summed E-state index contributed by atoms with van der Waals surface area (Å²) in [5.41, 5.74) is 1.86. The Bertz CT molecular complexity index is 675. The minimum Gasteiger partial charge on any atom is -0.491 e. The quantitative estimate of drug-likeness (QED) is 0.826. The van der Waals surface area contributed by atoms with E-state index < -0.39 is 0 Å². The van der Waals surface area contributed by atoms with Crippen LogP contribution in [0.2, 0.25) is 0 Å². The maximum Gasteiger partial charge on any atom is 0.163 e. The lowest BCUT2D eigenvalue weighted by Crippen LogP contribution is -2.47. The number of Topliss-reactive ketones (excluding diaryl/α,β-unsaturated/α-hetero) is 1. The van der Waals surface area contributed by atoms with E-state index in [1.165, 1.54) is 5.56 Å². The molecular formula is C19H23N3O2. The summed E-state index contributed by atoms with van der Waals surface area (Å²) in [5.74, 6) is 0.694. The lowest BCUT2D eigenvalue weighted by Gasteiger charge is -2.36. The van der Waals surface area contributed by atoms with Gasteiger partial charge in [-0.2, -0.15) is 0 Å². The molecule has 0 radical (unpaired) electrons. The molecule has 2 aromatic rings. The van der Waals surface area contributed by atoms with Crippen molar-refractivity contribution < 1.29 is 9.53 Å². The van der Waals surface area contributed by atoms with Crippen molar-refractivity contribution in [3.05, 3.63) is 59.9 Å². The monoisotopic (exact) mass is 325 g/mol. The number of ether oxygens (including phenoxy) is 1. The molecule has 24 heavy (non-hydrogen) atoms. The van der Waals surface area contributed by atoms with Gasteiger partial charge in [0.05, 0.1) is 5.56 Å². The third-order valence-corrected chi connectivity index (χ3v) is 4.33. The number of aromatic nitrogens is 1. The number of para-hydroxylation sites is 1. The number of rotatable bonds is 6. The van der Waals surface area contributed by atoms with Crippen LogP contribution in [-0.2, 0) is 0 Å². The van der Waals surface area contributed by atoms with Crippen LogP contribution in [0.5, 0.6) is 5.75 Å². The number of carbonyl (C=O) groups excluding carboxylic acids is 1. The number of nitrogens with zero attached hydrogens (tertiary/aromatic N) is 2. The summed E-state index contributed by atoms with van der Waals surface area (Å²) in [5, 5.41) is 3.44. The molecule has 1 N–H and O–H groups in total. The van der Waals surface area contributed by atoms with Crippen LogP contribution in [0.25, 0.3) is 0 Å². The zero-order chi connectivity index (χ0) is 16.8. The summed E-state index contributed by atoms with van der Waals surface area (Å²) < 4.78 is 5.89. The van der Waals surface area contributed by atoms with E-state index in [1.807, 2.05) is 30.5 Å². The summed E-state index contributed by atoms with van der Waals surface area (Å²) in [6, 6.07) is 11.8. The van der Waals surface area contributed by atoms with Gasteiger partial charge >= 0.3 is 0 Å². The van der Waals surface area contributed by atoms with E-state index >= 15 is 0 Å². The highest BCUT2D eigenvalue weighted by molar-refractivity contribution is 5.96. The number of piperazine rings is 1. The Morgan fingerprint density at radius 3 is 3.00 bits per heavy atom. The zero-order valence-corrected chi connectivity index (χ0v) is 13.9. The van der Waals surface area contributed by atoms with Crippen LogP contribution in [0, 0.1) is 0 Å². The lowest BCUT2D eigenvalue weighted by molar-refractivity contribution is 0.101. The Morgan fingerprint density at radius 2 is 2.21 bits per heavy atom. The predicted molar refractivity (Wildman–Crippen MR) is 93.4 cm³/mol. The molecule has 1 saturated heterocycles. The molecule has 3 rings (SSSR count). The minimum atomic E-state index is 0.0287. The maximum absolute atomic E-state index is 11.7. The average molecular weight is 325 g/mol. The number of benzene rings is 1. The van der Waals surface area contributed by atoms with E-state index in [0.29, 0.717) is 24.0 Å². The Kier molecular flexibility index (Phi) is 5.56. The first kappa shape index (κ1) is 16.6. The van der Waals surface area contributed by atoms with Gasteiger partial charge in [-0.15, -0.1) is 0 Å². The number of hydrogen-bond acceptors (Lipinski definition) is 5. The molecule has 1 atom stereocenters. The fourth-order valence-electron chi connectivity index (χ4n) is 3.07. The zero-order valence-electron chi connectivity index (χ0n) is 13.9. The highest BCUT2D eigenvalue weighted by Gasteiger charge is 2.23. The van der Waals surface area contributed by atoms with Gasteiger partial charge in [-0.25, -0.2) is 0 Å². The van der Waals surface area contributed by atoms with Crippen LogP contribution in [0.1, 0.15) is 28.9 Å². The van der Waals surface area contributed by atoms with E-state index in [0.717, 1.165) is 26.2 Å². The van der Waals surface area contributed by atoms with Gasteiger partial charge in [0.15, 0.2) is 5.78 Å². The number of nitrogens with one attached hydrogen (secondary N) is 1. The van der Waals surface area contributed by atoms with Crippen molar-refractivity contribution in [2.45, 2.75) is 13.0 Å². The number of pyridine rings is 1. The molecule has 0 amide bonds. The molecule has 0 spiro atoms. The van der Waals surface area contributed by atoms with Gasteiger partial charge in [0.2, 0.25) is 0 Å². The fourth-order valence-corrected chi connectivity index (χ4v) is 3.07. The third kappa shape index (κ3) is 3.99. The van der Waals surface area contributed by atoms with Crippen LogP contribution >= 0.6 is 0 Å². The van der Waals surface area contributed by atoms with Gasteiger partial charge < -0.3 is 10.1 Å². The standard InChI is InChI=1S/C19H23N3O2/c1-15(23)17-6-2-3-7-19(17)24-12-11-22-10-9-21-14-18(22)16-5-4-8-20-13-16/h2-8,13,18,21H,9-12,14H2,1H3. The Balaban J connectivity index is 1.62. The molecule has 5 heteroatoms. The molecule has 126 valence electrons. The van der Waals surface area contributed by atoms with Crippen molar-refractivity contribution in [1.29, 1.82) is 0 Å². The first-order valence-electron chi connectivity index (χ1n) is 8.33. The highest BCUT2D eigenvalue weighted by atomic mass is 16.5. The summed E-state index contributed by atoms with van der Waals surface area (Å²) >= 11 is 0. The molecule has 0 saturated carbocycles. The molecule has 1 aliphatic rings. The molecule has 0 aliphatic carbocycles. The second-order valence-electron chi connectivity index (χ2n) is 5.94. The van der Waals surface area contributed by atoms with Crippen molar-refractivity contribution >= 4 is 5.78 Å². The van der Waals surface area contributed by atoms with E-state index in [9.17, 15) is 4.79 Å². The first-order valence-corrected chi connectivity index (χ1v) is 8.33. The number of ketones is 1. The summed E-state index contributed by atoms with van der Waals surface area (Å²) in [6.45, 7) is 5.79. The Morgan fingerprint density at radius 1 is 1.33 bits per heavy atom. The number of hydrogen-bond donors (Lipinski definition) is 1. The predicted octanol–water partition coefficient (Wildman–Crippen LogP) is 2.31. The Labute approximate surface area is 142 Å². The normalized spacial score (nSPS) is 18.3. The van der Waals surface area contributed by atoms with Gasteiger partial charge in [-0.3, -0.25) is 14.7 Å². The largest absolute Gasteiger partial charge is 0.491 e. The molecule has 1 aromatic heterocycles. The average Bonchev–Trinajstić information content (AvgIpc) is 2.63. The fraction of sp³-hybridized carbons (Fsp3) is 0.368. The molecule has 1 unspecified atom stereocenters. The van der Waals surface area contributed by atoms with Crippen molar-refractivity contribution in [2.75, 3.05) is 32.8 Å². The van der Waals surface area contributed by atoms with E-state index in [2.05, 4.69) is 21.3 Å². The van der Waals surface area contributed by atoms with Gasteiger partial charge in [-0.1, -0.05) is 18.2 Å². The molecule has 0 bridgehead atoms. The third-order valence-electron chi connectivity index (χ3n) is 4.33. The summed E-state index contributed by atoms with van der Waals surface area (Å²) in [4.78, 5) is 18.3. The topological polar surface area (TPSA) is 54.5 Å². The molecule has 1 aliphatic heterocycles. The smallest absolute Gasteiger partial charge is 0.163 e. The first-order chi connectivity index (χ1) is 11.8. The van der Waals surface area contributed by atoms with E-state index in [4.69, 9.17) is 4.74 Å². The molecule has 2 heterocycles. The van der Waals surface area contributed by atoms with Crippen LogP contribution in [0.4, 0.5) is 0 Å². The summed E-state index contributed by atoms with van der Waals surface area (Å²) in [6.07, 6.45) is 3.72. The SMILES string of the molecule is CC(=O)c1ccccc1OCCN1CCNCC1c1cccnc1. The van der Waals surface area contributed by atoms with Crippen LogP contribution in [-0.4, -0.2) is 48.5 Å². The lowest BCUT2D eigenvalue weighted by atomic mass is 10.1. The van der Waals surface area contributed by atoms with Gasteiger partial charge in [0.1, 0.15) is 12.4 Å². The van der Waals surface area contributed by atoms with Crippen LogP contribution in [0.3, 0.4) is 0 Å². The van der Waals surface area contributed by atoms with Gasteiger partial charge in [-0.05, 0) is 30.7 Å². The summed E-state index contributed by atoms with van der Waals surface area (Å²) in [7, 11) is 0. The van der Waals surface area contributed by atoms with Crippen molar-refractivity contribution in [2.24, 2.45) is 0 Å². The van der Waals surface area contributed by atoms with E-state index in [1.54, 1.807) is 19.2 Å². The van der Waals surface area contributed by atoms with Crippen molar-refractivity contribution in [3.63, 3.8) is 0 Å². The molecule has 1 aromatic carbocycles. The van der Waals surface area contributed by atoms with Crippen molar-refractivity contribution in [1.82, 2.24) is 15.2 Å². The van der Waals surface area contributed by atoms with Gasteiger partial charge in [0.25, 0.3) is 0 Å². The molecule has 5 nitrogen and oxygen atoms in total. The molecule has 1 fully saturated rings.